The summed E-state index contributed by atoms with van der Waals surface area (Å²) in [5.41, 5.74) is 12.4. The Bertz CT molecular complexity index is 836. The third-order valence-corrected chi connectivity index (χ3v) is 5.22. The Morgan fingerprint density at radius 3 is 2.92 bits per heavy atom. The van der Waals surface area contributed by atoms with E-state index < -0.39 is 0 Å². The molecule has 3 N–H and O–H groups in total. The van der Waals surface area contributed by atoms with E-state index in [0.29, 0.717) is 0 Å². The molecule has 6 heteroatoms. The Morgan fingerprint density at radius 1 is 1.24 bits per heavy atom. The average Bonchev–Trinajstić information content (AvgIpc) is 2.91. The van der Waals surface area contributed by atoms with E-state index in [9.17, 15) is 0 Å². The SMILES string of the molecule is COc1ccccc1NC1CCN2NNC(C)=C2c2ccc(Br)cc21. The Kier molecular flexibility index (Phi) is 4.31. The lowest BCUT2D eigenvalue weighted by molar-refractivity contribution is 0.281. The number of ether oxygens (including phenoxy) is 1. The summed E-state index contributed by atoms with van der Waals surface area (Å²) < 4.78 is 6.59. The number of nitrogens with zero attached hydrogens (tertiary/aromatic N) is 1. The molecule has 2 aliphatic rings. The van der Waals surface area contributed by atoms with Crippen LogP contribution in [0.4, 0.5) is 5.69 Å². The first-order chi connectivity index (χ1) is 12.2. The Hall–Kier alpha value is -2.18. The maximum absolute atomic E-state index is 5.51. The zero-order chi connectivity index (χ0) is 17.4. The highest BCUT2D eigenvalue weighted by atomic mass is 79.9. The van der Waals surface area contributed by atoms with Gasteiger partial charge in [-0.25, -0.2) is 0 Å². The molecule has 5 nitrogen and oxygen atoms in total. The molecule has 2 aromatic carbocycles. The molecule has 0 saturated carbocycles. The van der Waals surface area contributed by atoms with Crippen LogP contribution in [0.5, 0.6) is 5.75 Å². The van der Waals surface area contributed by atoms with Crippen molar-refractivity contribution in [3.8, 4) is 5.75 Å². The highest BCUT2D eigenvalue weighted by molar-refractivity contribution is 9.10. The van der Waals surface area contributed by atoms with Gasteiger partial charge in [0.1, 0.15) is 5.75 Å². The second-order valence-corrected chi connectivity index (χ2v) is 7.20. The summed E-state index contributed by atoms with van der Waals surface area (Å²) in [5.74, 6) is 0.860. The van der Waals surface area contributed by atoms with Crippen molar-refractivity contribution in [1.82, 2.24) is 16.0 Å². The number of methoxy groups -OCH3 is 1. The number of hydrogen-bond donors (Lipinski definition) is 3. The quantitative estimate of drug-likeness (QED) is 0.725. The first kappa shape index (κ1) is 16.3. The fraction of sp³-hybridized carbons (Fsp3) is 0.263. The summed E-state index contributed by atoms with van der Waals surface area (Å²) in [6.45, 7) is 3.00. The maximum Gasteiger partial charge on any atom is 0.141 e. The van der Waals surface area contributed by atoms with Crippen molar-refractivity contribution in [2.24, 2.45) is 0 Å². The number of para-hydroxylation sites is 2. The third kappa shape index (κ3) is 2.96. The van der Waals surface area contributed by atoms with Crippen LogP contribution in [-0.2, 0) is 0 Å². The van der Waals surface area contributed by atoms with Gasteiger partial charge in [0.25, 0.3) is 0 Å². The van der Waals surface area contributed by atoms with Crippen LogP contribution in [0, 0.1) is 0 Å². The fourth-order valence-corrected chi connectivity index (χ4v) is 3.92. The van der Waals surface area contributed by atoms with Gasteiger partial charge in [-0.3, -0.25) is 5.01 Å². The van der Waals surface area contributed by atoms with Crippen molar-refractivity contribution in [2.45, 2.75) is 19.4 Å². The third-order valence-electron chi connectivity index (χ3n) is 4.73. The van der Waals surface area contributed by atoms with Crippen molar-refractivity contribution in [3.05, 3.63) is 63.8 Å². The normalized spacial score (nSPS) is 19.0. The van der Waals surface area contributed by atoms with E-state index in [1.807, 2.05) is 18.2 Å². The molecule has 0 radical (unpaired) electrons. The van der Waals surface area contributed by atoms with Gasteiger partial charge in [-0.05, 0) is 43.2 Å². The lowest BCUT2D eigenvalue weighted by Crippen LogP contribution is -2.37. The zero-order valence-corrected chi connectivity index (χ0v) is 15.9. The topological polar surface area (TPSA) is 48.6 Å². The van der Waals surface area contributed by atoms with Gasteiger partial charge < -0.3 is 15.5 Å². The number of halogens is 1. The fourth-order valence-electron chi connectivity index (χ4n) is 3.54. The van der Waals surface area contributed by atoms with Crippen molar-refractivity contribution in [1.29, 1.82) is 0 Å². The summed E-state index contributed by atoms with van der Waals surface area (Å²) in [5, 5.41) is 5.87. The minimum Gasteiger partial charge on any atom is -0.495 e. The van der Waals surface area contributed by atoms with Gasteiger partial charge in [-0.2, -0.15) is 0 Å². The highest BCUT2D eigenvalue weighted by Gasteiger charge is 2.30. The minimum atomic E-state index is 0.191. The molecule has 4 rings (SSSR count). The molecule has 0 amide bonds. The molecule has 2 aromatic rings. The lowest BCUT2D eigenvalue weighted by atomic mass is 9.97. The van der Waals surface area contributed by atoms with Crippen molar-refractivity contribution < 1.29 is 4.74 Å². The smallest absolute Gasteiger partial charge is 0.141 e. The van der Waals surface area contributed by atoms with Gasteiger partial charge in [-0.15, -0.1) is 5.53 Å². The van der Waals surface area contributed by atoms with Crippen LogP contribution in [0.3, 0.4) is 0 Å². The van der Waals surface area contributed by atoms with Crippen LogP contribution in [0.15, 0.2) is 52.6 Å². The zero-order valence-electron chi connectivity index (χ0n) is 14.3. The number of fused-ring (bicyclic) bond motifs is 3. The average molecular weight is 401 g/mol. The largest absolute Gasteiger partial charge is 0.495 e. The van der Waals surface area contributed by atoms with Crippen molar-refractivity contribution in [2.75, 3.05) is 19.0 Å². The summed E-state index contributed by atoms with van der Waals surface area (Å²) in [6, 6.07) is 14.7. The molecular formula is C19H21BrN4O. The number of nitrogens with one attached hydrogen (secondary N) is 3. The van der Waals surface area contributed by atoms with Gasteiger partial charge in [0.05, 0.1) is 30.2 Å². The summed E-state index contributed by atoms with van der Waals surface area (Å²) >= 11 is 3.63. The van der Waals surface area contributed by atoms with E-state index in [4.69, 9.17) is 4.74 Å². The molecule has 0 spiro atoms. The lowest BCUT2D eigenvalue weighted by Gasteiger charge is -2.22. The molecule has 0 saturated heterocycles. The molecule has 0 aromatic heterocycles. The second-order valence-electron chi connectivity index (χ2n) is 6.28. The van der Waals surface area contributed by atoms with Crippen LogP contribution in [-0.4, -0.2) is 18.7 Å². The summed E-state index contributed by atoms with van der Waals surface area (Å²) in [6.07, 6.45) is 0.965. The van der Waals surface area contributed by atoms with Crippen LogP contribution < -0.4 is 21.0 Å². The van der Waals surface area contributed by atoms with E-state index in [0.717, 1.165) is 34.6 Å². The monoisotopic (exact) mass is 400 g/mol. The molecule has 0 fully saturated rings. The molecule has 1 atom stereocenters. The minimum absolute atomic E-state index is 0.191. The predicted molar refractivity (Wildman–Crippen MR) is 104 cm³/mol. The van der Waals surface area contributed by atoms with Crippen LogP contribution >= 0.6 is 15.9 Å². The van der Waals surface area contributed by atoms with Gasteiger partial charge in [-0.1, -0.05) is 34.1 Å². The van der Waals surface area contributed by atoms with E-state index in [2.05, 4.69) is 68.4 Å². The molecule has 25 heavy (non-hydrogen) atoms. The Labute approximate surface area is 156 Å². The molecular weight excluding hydrogens is 380 g/mol. The molecule has 130 valence electrons. The molecule has 1 unspecified atom stereocenters. The highest BCUT2D eigenvalue weighted by Crippen LogP contribution is 2.39. The second kappa shape index (κ2) is 6.61. The molecule has 0 bridgehead atoms. The van der Waals surface area contributed by atoms with Gasteiger partial charge >= 0.3 is 0 Å². The Balaban J connectivity index is 1.78. The van der Waals surface area contributed by atoms with Gasteiger partial charge in [0.15, 0.2) is 0 Å². The Morgan fingerprint density at radius 2 is 2.08 bits per heavy atom. The van der Waals surface area contributed by atoms with Crippen LogP contribution in [0.2, 0.25) is 0 Å². The first-order valence-electron chi connectivity index (χ1n) is 8.37. The van der Waals surface area contributed by atoms with Gasteiger partial charge in [0, 0.05) is 16.6 Å². The van der Waals surface area contributed by atoms with Crippen molar-refractivity contribution >= 4 is 27.3 Å². The van der Waals surface area contributed by atoms with Crippen LogP contribution in [0.25, 0.3) is 5.70 Å². The number of benzene rings is 2. The first-order valence-corrected chi connectivity index (χ1v) is 9.16. The summed E-state index contributed by atoms with van der Waals surface area (Å²) in [7, 11) is 1.71. The number of anilines is 1. The molecule has 2 heterocycles. The van der Waals surface area contributed by atoms with E-state index in [-0.39, 0.29) is 6.04 Å². The summed E-state index contributed by atoms with van der Waals surface area (Å²) in [4.78, 5) is 0. The van der Waals surface area contributed by atoms with Crippen molar-refractivity contribution in [3.63, 3.8) is 0 Å². The molecule has 2 aliphatic heterocycles. The van der Waals surface area contributed by atoms with E-state index >= 15 is 0 Å². The number of hydrazine groups is 2. The van der Waals surface area contributed by atoms with E-state index in [1.54, 1.807) is 7.11 Å². The van der Waals surface area contributed by atoms with Crippen LogP contribution in [0.1, 0.15) is 30.5 Å². The standard InChI is InChI=1S/C19H21BrN4O/c1-12-19-14-8-7-13(20)11-15(14)16(9-10-24(19)23-22-12)21-17-5-3-4-6-18(17)25-2/h3-8,11,16,21-23H,9-10H2,1-2H3. The number of hydrogen-bond acceptors (Lipinski definition) is 5. The molecule has 0 aliphatic carbocycles. The number of rotatable bonds is 3. The maximum atomic E-state index is 5.51. The number of allylic oxidation sites excluding steroid dienone is 1. The predicted octanol–water partition coefficient (Wildman–Crippen LogP) is 4.03. The van der Waals surface area contributed by atoms with Gasteiger partial charge in [0.2, 0.25) is 0 Å². The van der Waals surface area contributed by atoms with E-state index in [1.165, 1.54) is 16.8 Å².